The van der Waals surface area contributed by atoms with Crippen molar-refractivity contribution in [1.82, 2.24) is 10.6 Å². The van der Waals surface area contributed by atoms with Crippen LogP contribution in [0.3, 0.4) is 0 Å². The van der Waals surface area contributed by atoms with Crippen molar-refractivity contribution in [2.45, 2.75) is 12.8 Å². The van der Waals surface area contributed by atoms with Gasteiger partial charge in [0.2, 0.25) is 0 Å². The first-order valence-corrected chi connectivity index (χ1v) is 7.07. The van der Waals surface area contributed by atoms with Crippen LogP contribution in [-0.2, 0) is 0 Å². The molecule has 2 rings (SSSR count). The van der Waals surface area contributed by atoms with Gasteiger partial charge in [0, 0.05) is 25.2 Å². The first kappa shape index (κ1) is 15.2. The quantitative estimate of drug-likeness (QED) is 0.562. The lowest BCUT2D eigenvalue weighted by Gasteiger charge is -2.23. The fraction of sp³-hybridized carbons (Fsp3) is 0.500. The van der Waals surface area contributed by atoms with E-state index >= 15 is 0 Å². The molecule has 3 N–H and O–H groups in total. The van der Waals surface area contributed by atoms with E-state index in [4.69, 9.17) is 0 Å². The molecule has 7 nitrogen and oxygen atoms in total. The van der Waals surface area contributed by atoms with Crippen LogP contribution in [0.25, 0.3) is 0 Å². The second-order valence-corrected chi connectivity index (χ2v) is 5.16. The van der Waals surface area contributed by atoms with E-state index < -0.39 is 4.92 Å². The van der Waals surface area contributed by atoms with Crippen LogP contribution in [0.15, 0.2) is 18.2 Å². The van der Waals surface area contributed by atoms with Gasteiger partial charge in [-0.3, -0.25) is 14.9 Å². The number of hydrogen-bond acceptors (Lipinski definition) is 5. The minimum Gasteiger partial charge on any atom is -0.379 e. The molecule has 0 radical (unpaired) electrons. The Morgan fingerprint density at radius 3 is 2.95 bits per heavy atom. The van der Waals surface area contributed by atoms with Crippen LogP contribution in [0.5, 0.6) is 0 Å². The van der Waals surface area contributed by atoms with E-state index in [0.717, 1.165) is 25.9 Å². The summed E-state index contributed by atoms with van der Waals surface area (Å²) >= 11 is 0. The molecule has 1 aliphatic rings. The predicted octanol–water partition coefficient (Wildman–Crippen LogP) is 1.37. The number of nitro benzene ring substituents is 1. The molecular formula is C14H20N4O3. The van der Waals surface area contributed by atoms with Crippen molar-refractivity contribution in [3.05, 3.63) is 33.9 Å². The summed E-state index contributed by atoms with van der Waals surface area (Å²) in [4.78, 5) is 22.3. The van der Waals surface area contributed by atoms with E-state index in [1.807, 2.05) is 0 Å². The van der Waals surface area contributed by atoms with Gasteiger partial charge in [-0.15, -0.1) is 0 Å². The number of nitrogens with one attached hydrogen (secondary N) is 3. The maximum absolute atomic E-state index is 11.6. The number of carbonyl (C=O) groups excluding carboxylic acids is 1. The molecule has 0 saturated carbocycles. The number of benzene rings is 1. The molecule has 0 aliphatic carbocycles. The first-order valence-electron chi connectivity index (χ1n) is 7.07. The van der Waals surface area contributed by atoms with Gasteiger partial charge >= 0.3 is 0 Å². The predicted molar refractivity (Wildman–Crippen MR) is 80.6 cm³/mol. The van der Waals surface area contributed by atoms with Crippen molar-refractivity contribution in [2.24, 2.45) is 5.92 Å². The fourth-order valence-electron chi connectivity index (χ4n) is 2.47. The molecule has 21 heavy (non-hydrogen) atoms. The number of rotatable bonds is 5. The Hall–Kier alpha value is -2.15. The van der Waals surface area contributed by atoms with Crippen LogP contribution in [0.4, 0.5) is 11.4 Å². The van der Waals surface area contributed by atoms with Gasteiger partial charge in [0.1, 0.15) is 5.69 Å². The molecule has 1 amide bonds. The SMILES string of the molecule is CNC(=O)c1ccc([N+](=O)[O-])c(NCC2CCCNC2)c1. The Bertz CT molecular complexity index is 527. The molecule has 1 aliphatic heterocycles. The molecule has 1 saturated heterocycles. The zero-order chi connectivity index (χ0) is 15.2. The van der Waals surface area contributed by atoms with Gasteiger partial charge in [-0.05, 0) is 44.0 Å². The third-order valence-corrected chi connectivity index (χ3v) is 3.66. The summed E-state index contributed by atoms with van der Waals surface area (Å²) in [6.45, 7) is 2.60. The molecule has 1 fully saturated rings. The molecule has 0 aromatic heterocycles. The van der Waals surface area contributed by atoms with E-state index in [9.17, 15) is 14.9 Å². The van der Waals surface area contributed by atoms with Gasteiger partial charge in [0.05, 0.1) is 4.92 Å². The number of carbonyl (C=O) groups is 1. The van der Waals surface area contributed by atoms with E-state index in [-0.39, 0.29) is 11.6 Å². The van der Waals surface area contributed by atoms with Crippen molar-refractivity contribution < 1.29 is 9.72 Å². The minimum atomic E-state index is -0.435. The second kappa shape index (κ2) is 7.03. The maximum Gasteiger partial charge on any atom is 0.292 e. The van der Waals surface area contributed by atoms with Crippen LogP contribution < -0.4 is 16.0 Å². The van der Waals surface area contributed by atoms with Gasteiger partial charge in [0.25, 0.3) is 11.6 Å². The molecule has 0 spiro atoms. The van der Waals surface area contributed by atoms with E-state index in [1.165, 1.54) is 25.2 Å². The molecule has 1 heterocycles. The summed E-state index contributed by atoms with van der Waals surface area (Å²) in [5, 5.41) is 20.0. The highest BCUT2D eigenvalue weighted by molar-refractivity contribution is 5.95. The molecule has 7 heteroatoms. The van der Waals surface area contributed by atoms with Crippen LogP contribution in [-0.4, -0.2) is 37.5 Å². The fourth-order valence-corrected chi connectivity index (χ4v) is 2.47. The Morgan fingerprint density at radius 1 is 1.52 bits per heavy atom. The molecule has 1 aromatic carbocycles. The molecule has 114 valence electrons. The number of hydrogen-bond donors (Lipinski definition) is 3. The summed E-state index contributed by atoms with van der Waals surface area (Å²) in [6.07, 6.45) is 2.22. The average Bonchev–Trinajstić information content (AvgIpc) is 2.52. The van der Waals surface area contributed by atoms with Crippen molar-refractivity contribution >= 4 is 17.3 Å². The number of anilines is 1. The average molecular weight is 292 g/mol. The van der Waals surface area contributed by atoms with Gasteiger partial charge in [-0.1, -0.05) is 0 Å². The highest BCUT2D eigenvalue weighted by atomic mass is 16.6. The Labute approximate surface area is 123 Å². The largest absolute Gasteiger partial charge is 0.379 e. The number of amides is 1. The topological polar surface area (TPSA) is 96.3 Å². The lowest BCUT2D eigenvalue weighted by atomic mass is 9.99. The first-order chi connectivity index (χ1) is 10.1. The summed E-state index contributed by atoms with van der Waals surface area (Å²) in [5.74, 6) is 0.189. The molecule has 1 atom stereocenters. The summed E-state index contributed by atoms with van der Waals surface area (Å²) < 4.78 is 0. The zero-order valence-electron chi connectivity index (χ0n) is 12.0. The normalized spacial score (nSPS) is 18.0. The Balaban J connectivity index is 2.13. The van der Waals surface area contributed by atoms with Gasteiger partial charge in [-0.2, -0.15) is 0 Å². The Kier molecular flexibility index (Phi) is 5.10. The van der Waals surface area contributed by atoms with Crippen LogP contribution in [0.1, 0.15) is 23.2 Å². The lowest BCUT2D eigenvalue weighted by Crippen LogP contribution is -2.33. The minimum absolute atomic E-state index is 0.00794. The number of nitro groups is 1. The smallest absolute Gasteiger partial charge is 0.292 e. The number of piperidine rings is 1. The number of nitrogens with zero attached hydrogens (tertiary/aromatic N) is 1. The van der Waals surface area contributed by atoms with E-state index in [0.29, 0.717) is 23.7 Å². The maximum atomic E-state index is 11.6. The summed E-state index contributed by atoms with van der Waals surface area (Å²) in [7, 11) is 1.53. The molecule has 0 bridgehead atoms. The monoisotopic (exact) mass is 292 g/mol. The van der Waals surface area contributed by atoms with Gasteiger partial charge in [0.15, 0.2) is 0 Å². The Morgan fingerprint density at radius 2 is 2.33 bits per heavy atom. The highest BCUT2D eigenvalue weighted by Crippen LogP contribution is 2.26. The second-order valence-electron chi connectivity index (χ2n) is 5.16. The zero-order valence-corrected chi connectivity index (χ0v) is 12.0. The summed E-state index contributed by atoms with van der Waals surface area (Å²) in [5.41, 5.74) is 0.797. The van der Waals surface area contributed by atoms with Crippen LogP contribution in [0, 0.1) is 16.0 Å². The van der Waals surface area contributed by atoms with Crippen molar-refractivity contribution in [3.63, 3.8) is 0 Å². The van der Waals surface area contributed by atoms with Crippen molar-refractivity contribution in [2.75, 3.05) is 32.0 Å². The third kappa shape index (κ3) is 3.91. The van der Waals surface area contributed by atoms with Crippen LogP contribution in [0.2, 0.25) is 0 Å². The highest BCUT2D eigenvalue weighted by Gasteiger charge is 2.18. The van der Waals surface area contributed by atoms with Gasteiger partial charge in [-0.25, -0.2) is 0 Å². The van der Waals surface area contributed by atoms with E-state index in [2.05, 4.69) is 16.0 Å². The summed E-state index contributed by atoms with van der Waals surface area (Å²) in [6, 6.07) is 4.36. The van der Waals surface area contributed by atoms with E-state index in [1.54, 1.807) is 0 Å². The lowest BCUT2D eigenvalue weighted by molar-refractivity contribution is -0.384. The van der Waals surface area contributed by atoms with Gasteiger partial charge < -0.3 is 16.0 Å². The van der Waals surface area contributed by atoms with Crippen molar-refractivity contribution in [3.8, 4) is 0 Å². The van der Waals surface area contributed by atoms with Crippen LogP contribution >= 0.6 is 0 Å². The third-order valence-electron chi connectivity index (χ3n) is 3.66. The standard InChI is InChI=1S/C14H20N4O3/c1-15-14(19)11-4-5-13(18(20)21)12(7-11)17-9-10-3-2-6-16-8-10/h4-5,7,10,16-17H,2-3,6,8-9H2,1H3,(H,15,19). The molecule has 1 aromatic rings. The molecular weight excluding hydrogens is 272 g/mol. The van der Waals surface area contributed by atoms with Crippen molar-refractivity contribution in [1.29, 1.82) is 0 Å². The molecule has 1 unspecified atom stereocenters.